The van der Waals surface area contributed by atoms with Crippen molar-refractivity contribution >= 4 is 0 Å². The third-order valence-electron chi connectivity index (χ3n) is 4.55. The van der Waals surface area contributed by atoms with E-state index in [1.165, 1.54) is 0 Å². The van der Waals surface area contributed by atoms with Crippen LogP contribution in [0.2, 0.25) is 0 Å². The summed E-state index contributed by atoms with van der Waals surface area (Å²) in [5.74, 6) is 0.936. The maximum absolute atomic E-state index is 11.1. The molecule has 2 rings (SSSR count). The predicted molar refractivity (Wildman–Crippen MR) is 84.7 cm³/mol. The molecule has 1 heterocycles. The van der Waals surface area contributed by atoms with Crippen LogP contribution in [0, 0.1) is 5.92 Å². The highest BCUT2D eigenvalue weighted by molar-refractivity contribution is 5.28. The molecule has 0 aromatic heterocycles. The average Bonchev–Trinajstić information content (AvgIpc) is 2.58. The second-order valence-electron chi connectivity index (χ2n) is 7.60. The van der Waals surface area contributed by atoms with Crippen LogP contribution in [-0.4, -0.2) is 29.0 Å². The number of ether oxygens (including phenoxy) is 2. The topological polar surface area (TPSA) is 38.7 Å². The average molecular weight is 292 g/mol. The minimum Gasteiger partial charge on any atom is -0.497 e. The monoisotopic (exact) mass is 292 g/mol. The van der Waals surface area contributed by atoms with Crippen LogP contribution in [0.3, 0.4) is 0 Å². The van der Waals surface area contributed by atoms with Gasteiger partial charge in [0.1, 0.15) is 5.75 Å². The zero-order valence-corrected chi connectivity index (χ0v) is 14.1. The molecule has 2 atom stereocenters. The Morgan fingerprint density at radius 1 is 1.24 bits per heavy atom. The van der Waals surface area contributed by atoms with Crippen molar-refractivity contribution in [3.8, 4) is 5.75 Å². The first-order valence-corrected chi connectivity index (χ1v) is 7.61. The minimum atomic E-state index is -0.800. The molecule has 21 heavy (non-hydrogen) atoms. The van der Waals surface area contributed by atoms with Gasteiger partial charge in [-0.3, -0.25) is 0 Å². The Labute approximate surface area is 128 Å². The molecule has 3 heteroatoms. The van der Waals surface area contributed by atoms with Gasteiger partial charge in [-0.1, -0.05) is 12.1 Å². The largest absolute Gasteiger partial charge is 0.497 e. The molecule has 1 N–H and O–H groups in total. The van der Waals surface area contributed by atoms with Crippen LogP contribution in [-0.2, 0) is 11.2 Å². The van der Waals surface area contributed by atoms with Crippen molar-refractivity contribution in [2.24, 2.45) is 5.92 Å². The summed E-state index contributed by atoms with van der Waals surface area (Å²) in [7, 11) is 1.66. The number of benzene rings is 1. The van der Waals surface area contributed by atoms with E-state index >= 15 is 0 Å². The number of rotatable bonds is 4. The van der Waals surface area contributed by atoms with E-state index in [-0.39, 0.29) is 17.1 Å². The molecule has 0 radical (unpaired) electrons. The summed E-state index contributed by atoms with van der Waals surface area (Å²) in [4.78, 5) is 0. The van der Waals surface area contributed by atoms with Crippen LogP contribution in [0.25, 0.3) is 0 Å². The van der Waals surface area contributed by atoms with Crippen LogP contribution >= 0.6 is 0 Å². The summed E-state index contributed by atoms with van der Waals surface area (Å²) < 4.78 is 11.3. The Hall–Kier alpha value is -1.06. The molecule has 1 aliphatic rings. The van der Waals surface area contributed by atoms with E-state index in [4.69, 9.17) is 9.47 Å². The fourth-order valence-corrected chi connectivity index (χ4v) is 3.81. The highest BCUT2D eigenvalue weighted by Crippen LogP contribution is 2.47. The third-order valence-corrected chi connectivity index (χ3v) is 4.55. The highest BCUT2D eigenvalue weighted by atomic mass is 16.5. The van der Waals surface area contributed by atoms with Crippen molar-refractivity contribution in [2.75, 3.05) is 7.11 Å². The fourth-order valence-electron chi connectivity index (χ4n) is 3.81. The van der Waals surface area contributed by atoms with Crippen molar-refractivity contribution in [3.63, 3.8) is 0 Å². The van der Waals surface area contributed by atoms with Gasteiger partial charge < -0.3 is 14.6 Å². The Kier molecular flexibility index (Phi) is 4.11. The Balaban J connectivity index is 2.17. The molecule has 1 aliphatic heterocycles. The van der Waals surface area contributed by atoms with E-state index < -0.39 is 5.60 Å². The number of hydrogen-bond acceptors (Lipinski definition) is 3. The third kappa shape index (κ3) is 3.58. The maximum atomic E-state index is 11.1. The van der Waals surface area contributed by atoms with E-state index in [0.29, 0.717) is 6.42 Å². The Morgan fingerprint density at radius 2 is 1.81 bits per heavy atom. The van der Waals surface area contributed by atoms with Crippen molar-refractivity contribution in [2.45, 2.75) is 64.3 Å². The van der Waals surface area contributed by atoms with Crippen LogP contribution in [0.4, 0.5) is 0 Å². The number of aliphatic hydroxyl groups is 1. The van der Waals surface area contributed by atoms with E-state index in [1.807, 2.05) is 31.2 Å². The molecule has 2 unspecified atom stereocenters. The van der Waals surface area contributed by atoms with E-state index in [2.05, 4.69) is 27.7 Å². The molecule has 3 nitrogen and oxygen atoms in total. The first-order valence-electron chi connectivity index (χ1n) is 7.61. The SMILES string of the molecule is COc1ccc(CC(C)(O)C2CC(C)(C)OC2(C)C)cc1. The van der Waals surface area contributed by atoms with Gasteiger partial charge in [-0.2, -0.15) is 0 Å². The first kappa shape index (κ1) is 16.3. The molecule has 1 aromatic rings. The van der Waals surface area contributed by atoms with Gasteiger partial charge in [0.15, 0.2) is 0 Å². The predicted octanol–water partition coefficient (Wildman–Crippen LogP) is 3.58. The molecule has 1 saturated heterocycles. The normalized spacial score (nSPS) is 26.3. The molecule has 0 amide bonds. The Bertz CT molecular complexity index is 486. The summed E-state index contributed by atoms with van der Waals surface area (Å²) in [6, 6.07) is 7.90. The molecular formula is C18H28O3. The van der Waals surface area contributed by atoms with Crippen molar-refractivity contribution in [1.82, 2.24) is 0 Å². The zero-order valence-electron chi connectivity index (χ0n) is 14.1. The van der Waals surface area contributed by atoms with Gasteiger partial charge in [0.25, 0.3) is 0 Å². The molecule has 0 bridgehead atoms. The number of hydrogen-bond donors (Lipinski definition) is 1. The molecule has 0 saturated carbocycles. The second kappa shape index (κ2) is 5.29. The number of methoxy groups -OCH3 is 1. The van der Waals surface area contributed by atoms with E-state index in [0.717, 1.165) is 17.7 Å². The molecular weight excluding hydrogens is 264 g/mol. The van der Waals surface area contributed by atoms with Gasteiger partial charge in [0.2, 0.25) is 0 Å². The highest BCUT2D eigenvalue weighted by Gasteiger charge is 2.53. The quantitative estimate of drug-likeness (QED) is 0.922. The van der Waals surface area contributed by atoms with Gasteiger partial charge in [0.05, 0.1) is 23.9 Å². The van der Waals surface area contributed by atoms with Crippen LogP contribution < -0.4 is 4.74 Å². The van der Waals surface area contributed by atoms with Gasteiger partial charge in [-0.25, -0.2) is 0 Å². The van der Waals surface area contributed by atoms with Gasteiger partial charge in [0, 0.05) is 12.3 Å². The molecule has 1 fully saturated rings. The van der Waals surface area contributed by atoms with Gasteiger partial charge in [-0.05, 0) is 58.7 Å². The van der Waals surface area contributed by atoms with Gasteiger partial charge in [-0.15, -0.1) is 0 Å². The zero-order chi connectivity index (χ0) is 15.9. The molecule has 0 aliphatic carbocycles. The van der Waals surface area contributed by atoms with Crippen molar-refractivity contribution in [1.29, 1.82) is 0 Å². The van der Waals surface area contributed by atoms with Crippen LogP contribution in [0.5, 0.6) is 5.75 Å². The lowest BCUT2D eigenvalue weighted by molar-refractivity contribution is -0.108. The van der Waals surface area contributed by atoms with Crippen molar-refractivity contribution in [3.05, 3.63) is 29.8 Å². The standard InChI is InChI=1S/C18H28O3/c1-16(2)12-15(17(3,4)21-16)18(5,19)11-13-7-9-14(20-6)10-8-13/h7-10,15,19H,11-12H2,1-6H3. The lowest BCUT2D eigenvalue weighted by Gasteiger charge is -2.37. The van der Waals surface area contributed by atoms with E-state index in [9.17, 15) is 5.11 Å². The molecule has 1 aromatic carbocycles. The summed E-state index contributed by atoms with van der Waals surface area (Å²) in [5.41, 5.74) is -0.190. The maximum Gasteiger partial charge on any atom is 0.118 e. The Morgan fingerprint density at radius 3 is 2.24 bits per heavy atom. The van der Waals surface area contributed by atoms with Crippen molar-refractivity contribution < 1.29 is 14.6 Å². The summed E-state index contributed by atoms with van der Waals surface area (Å²) >= 11 is 0. The lowest BCUT2D eigenvalue weighted by Crippen LogP contribution is -2.46. The summed E-state index contributed by atoms with van der Waals surface area (Å²) in [6.45, 7) is 10.3. The summed E-state index contributed by atoms with van der Waals surface area (Å²) in [6.07, 6.45) is 1.48. The minimum absolute atomic E-state index is 0.0992. The second-order valence-corrected chi connectivity index (χ2v) is 7.60. The van der Waals surface area contributed by atoms with E-state index in [1.54, 1.807) is 7.11 Å². The first-order chi connectivity index (χ1) is 9.56. The lowest BCUT2D eigenvalue weighted by atomic mass is 9.73. The van der Waals surface area contributed by atoms with Gasteiger partial charge >= 0.3 is 0 Å². The fraction of sp³-hybridized carbons (Fsp3) is 0.667. The van der Waals surface area contributed by atoms with Crippen LogP contribution in [0.1, 0.15) is 46.6 Å². The summed E-state index contributed by atoms with van der Waals surface area (Å²) in [5, 5.41) is 11.1. The molecule has 118 valence electrons. The molecule has 0 spiro atoms. The smallest absolute Gasteiger partial charge is 0.118 e. The van der Waals surface area contributed by atoms with Crippen LogP contribution in [0.15, 0.2) is 24.3 Å².